The fraction of sp³-hybridized carbons (Fsp3) is 0.467. The van der Waals surface area contributed by atoms with Crippen LogP contribution in [-0.4, -0.2) is 29.9 Å². The number of benzene rings is 1. The van der Waals surface area contributed by atoms with E-state index in [1.807, 2.05) is 26.0 Å². The van der Waals surface area contributed by atoms with Crippen molar-refractivity contribution in [1.29, 1.82) is 0 Å². The molecule has 0 saturated heterocycles. The number of rotatable bonds is 8. The number of aliphatic carboxylic acids is 1. The van der Waals surface area contributed by atoms with E-state index in [0.29, 0.717) is 13.0 Å². The molecule has 5 heteroatoms. The average Bonchev–Trinajstić information content (AvgIpc) is 2.41. The van der Waals surface area contributed by atoms with Crippen LogP contribution in [-0.2, 0) is 22.5 Å². The zero-order valence-electron chi connectivity index (χ0n) is 12.0. The molecule has 5 nitrogen and oxygen atoms in total. The number of hydrogen-bond acceptors (Lipinski definition) is 4. The number of oxime groups is 1. The second-order valence-electron chi connectivity index (χ2n) is 4.65. The first-order valence-corrected chi connectivity index (χ1v) is 6.75. The Balaban J connectivity index is 2.57. The normalized spacial score (nSPS) is 12.6. The van der Waals surface area contributed by atoms with E-state index in [-0.39, 0.29) is 0 Å². The van der Waals surface area contributed by atoms with E-state index in [2.05, 4.69) is 11.2 Å². The molecule has 0 aliphatic heterocycles. The van der Waals surface area contributed by atoms with Crippen molar-refractivity contribution in [3.8, 4) is 0 Å². The maximum atomic E-state index is 10.8. The van der Waals surface area contributed by atoms with Gasteiger partial charge in [-0.25, -0.2) is 0 Å². The predicted molar refractivity (Wildman–Crippen MR) is 78.9 cm³/mol. The van der Waals surface area contributed by atoms with Crippen molar-refractivity contribution >= 4 is 12.2 Å². The monoisotopic (exact) mass is 278 g/mol. The van der Waals surface area contributed by atoms with E-state index in [9.17, 15) is 4.79 Å². The van der Waals surface area contributed by atoms with Crippen LogP contribution in [0.15, 0.2) is 23.4 Å². The number of hydrogen-bond donors (Lipinski definition) is 2. The molecule has 0 saturated carbocycles. The minimum atomic E-state index is -0.972. The fourth-order valence-corrected chi connectivity index (χ4v) is 1.88. The molecule has 0 radical (unpaired) electrons. The molecule has 20 heavy (non-hydrogen) atoms. The van der Waals surface area contributed by atoms with Gasteiger partial charge in [0.25, 0.3) is 0 Å². The highest BCUT2D eigenvalue weighted by Gasteiger charge is 2.13. The summed E-state index contributed by atoms with van der Waals surface area (Å²) in [5, 5.41) is 12.6. The number of carboxylic acids is 1. The average molecular weight is 278 g/mol. The number of aryl methyl sites for hydroxylation is 2. The Labute approximate surface area is 119 Å². The highest BCUT2D eigenvalue weighted by Crippen LogP contribution is 2.14. The van der Waals surface area contributed by atoms with Crippen LogP contribution >= 0.6 is 0 Å². The number of carboxylic acid groups (broad SMARTS) is 1. The van der Waals surface area contributed by atoms with Gasteiger partial charge in [-0.1, -0.05) is 23.4 Å². The Morgan fingerprint density at radius 2 is 2.30 bits per heavy atom. The van der Waals surface area contributed by atoms with E-state index in [1.165, 1.54) is 5.56 Å². The van der Waals surface area contributed by atoms with Crippen molar-refractivity contribution in [1.82, 2.24) is 0 Å². The zero-order chi connectivity index (χ0) is 15.0. The van der Waals surface area contributed by atoms with Crippen LogP contribution in [0.25, 0.3) is 0 Å². The van der Waals surface area contributed by atoms with E-state index >= 15 is 0 Å². The summed E-state index contributed by atoms with van der Waals surface area (Å²) < 4.78 is 0. The Morgan fingerprint density at radius 3 is 2.90 bits per heavy atom. The molecule has 1 aromatic rings. The van der Waals surface area contributed by atoms with Gasteiger partial charge < -0.3 is 15.7 Å². The van der Waals surface area contributed by atoms with E-state index in [1.54, 1.807) is 6.21 Å². The topological polar surface area (TPSA) is 84.9 Å². The van der Waals surface area contributed by atoms with E-state index < -0.39 is 12.0 Å². The van der Waals surface area contributed by atoms with Crippen LogP contribution in [0.4, 0.5) is 0 Å². The molecule has 0 amide bonds. The van der Waals surface area contributed by atoms with Crippen molar-refractivity contribution < 1.29 is 14.7 Å². The molecule has 0 aromatic heterocycles. The molecule has 0 heterocycles. The molecule has 0 fully saturated rings. The summed E-state index contributed by atoms with van der Waals surface area (Å²) >= 11 is 0. The Kier molecular flexibility index (Phi) is 6.73. The van der Waals surface area contributed by atoms with Crippen LogP contribution in [0.2, 0.25) is 0 Å². The number of carbonyl (C=O) groups is 1. The maximum Gasteiger partial charge on any atom is 0.320 e. The minimum Gasteiger partial charge on any atom is -0.480 e. The Morgan fingerprint density at radius 1 is 1.55 bits per heavy atom. The molecule has 1 rings (SSSR count). The second-order valence-corrected chi connectivity index (χ2v) is 4.65. The lowest BCUT2D eigenvalue weighted by atomic mass is 9.98. The summed E-state index contributed by atoms with van der Waals surface area (Å²) in [7, 11) is 0. The lowest BCUT2D eigenvalue weighted by molar-refractivity contribution is -0.138. The van der Waals surface area contributed by atoms with Gasteiger partial charge in [-0.2, -0.15) is 0 Å². The molecule has 1 atom stereocenters. The first-order chi connectivity index (χ1) is 9.54. The fourth-order valence-electron chi connectivity index (χ4n) is 1.88. The van der Waals surface area contributed by atoms with Gasteiger partial charge in [0.2, 0.25) is 0 Å². The van der Waals surface area contributed by atoms with Crippen molar-refractivity contribution in [3.63, 3.8) is 0 Å². The Hall–Kier alpha value is -1.88. The van der Waals surface area contributed by atoms with Crippen LogP contribution in [0.5, 0.6) is 0 Å². The van der Waals surface area contributed by atoms with Crippen LogP contribution in [0.1, 0.15) is 30.0 Å². The SMILES string of the molecule is CCON=CCCc1ccc(C[C@H](N)C(=O)O)c(C)c1. The lowest BCUT2D eigenvalue weighted by Gasteiger charge is -2.10. The molecule has 1 aromatic carbocycles. The summed E-state index contributed by atoms with van der Waals surface area (Å²) in [5.41, 5.74) is 8.79. The molecule has 3 N–H and O–H groups in total. The van der Waals surface area contributed by atoms with Crippen molar-refractivity contribution in [3.05, 3.63) is 34.9 Å². The summed E-state index contributed by atoms with van der Waals surface area (Å²) in [6, 6.07) is 5.18. The van der Waals surface area contributed by atoms with Gasteiger partial charge in [0, 0.05) is 6.21 Å². The largest absolute Gasteiger partial charge is 0.480 e. The van der Waals surface area contributed by atoms with Crippen molar-refractivity contribution in [2.45, 2.75) is 39.2 Å². The summed E-state index contributed by atoms with van der Waals surface area (Å²) in [6.45, 7) is 4.44. The van der Waals surface area contributed by atoms with E-state index in [4.69, 9.17) is 15.7 Å². The van der Waals surface area contributed by atoms with Crippen LogP contribution < -0.4 is 5.73 Å². The third kappa shape index (κ3) is 5.40. The molecule has 0 aliphatic rings. The highest BCUT2D eigenvalue weighted by atomic mass is 16.6. The van der Waals surface area contributed by atoms with Gasteiger partial charge in [0.05, 0.1) is 0 Å². The summed E-state index contributed by atoms with van der Waals surface area (Å²) in [6.07, 6.45) is 3.80. The van der Waals surface area contributed by atoms with Gasteiger partial charge in [-0.05, 0) is 49.8 Å². The van der Waals surface area contributed by atoms with Crippen LogP contribution in [0, 0.1) is 6.92 Å². The third-order valence-electron chi connectivity index (χ3n) is 3.00. The van der Waals surface area contributed by atoms with Crippen molar-refractivity contribution in [2.75, 3.05) is 6.61 Å². The van der Waals surface area contributed by atoms with Gasteiger partial charge in [-0.15, -0.1) is 0 Å². The predicted octanol–water partition coefficient (Wildman–Crippen LogP) is 1.90. The van der Waals surface area contributed by atoms with Gasteiger partial charge in [-0.3, -0.25) is 4.79 Å². The second kappa shape index (κ2) is 8.32. The summed E-state index contributed by atoms with van der Waals surface area (Å²) in [4.78, 5) is 15.6. The first-order valence-electron chi connectivity index (χ1n) is 6.75. The standard InChI is InChI=1S/C15H22N2O3/c1-3-20-17-8-4-5-12-6-7-13(11(2)9-12)10-14(16)15(18)19/h6-9,14H,3-5,10,16H2,1-2H3,(H,18,19)/t14-/m0/s1. The summed E-state index contributed by atoms with van der Waals surface area (Å²) in [5.74, 6) is -0.972. The molecule has 110 valence electrons. The minimum absolute atomic E-state index is 0.354. The van der Waals surface area contributed by atoms with Gasteiger partial charge >= 0.3 is 5.97 Å². The van der Waals surface area contributed by atoms with Crippen LogP contribution in [0.3, 0.4) is 0 Å². The maximum absolute atomic E-state index is 10.8. The molecular weight excluding hydrogens is 256 g/mol. The molecule has 0 aliphatic carbocycles. The highest BCUT2D eigenvalue weighted by molar-refractivity contribution is 5.73. The zero-order valence-corrected chi connectivity index (χ0v) is 12.0. The van der Waals surface area contributed by atoms with E-state index in [0.717, 1.165) is 24.0 Å². The number of nitrogens with two attached hydrogens (primary N) is 1. The number of nitrogens with zero attached hydrogens (tertiary/aromatic N) is 1. The lowest BCUT2D eigenvalue weighted by Crippen LogP contribution is -2.32. The smallest absolute Gasteiger partial charge is 0.320 e. The molecule has 0 spiro atoms. The molecular formula is C15H22N2O3. The third-order valence-corrected chi connectivity index (χ3v) is 3.00. The molecule has 0 bridgehead atoms. The van der Waals surface area contributed by atoms with Gasteiger partial charge in [0.15, 0.2) is 0 Å². The van der Waals surface area contributed by atoms with Gasteiger partial charge in [0.1, 0.15) is 12.6 Å². The molecule has 0 unspecified atom stereocenters. The Bertz CT molecular complexity index is 472. The van der Waals surface area contributed by atoms with Crippen molar-refractivity contribution in [2.24, 2.45) is 10.9 Å². The first kappa shape index (κ1) is 16.2. The quantitative estimate of drug-likeness (QED) is 0.562.